The number of rotatable bonds is 8. The Morgan fingerprint density at radius 1 is 1.19 bits per heavy atom. The SMILES string of the molecule is CS(=O)(=O)c1ccc(Nc2ncc(C(=O)O)c(N[C@H](CO)c3ccccc3)n2)cc1F. The molecule has 31 heavy (non-hydrogen) atoms. The van der Waals surface area contributed by atoms with E-state index in [9.17, 15) is 27.8 Å². The lowest BCUT2D eigenvalue weighted by Gasteiger charge is -2.19. The molecule has 0 radical (unpaired) electrons. The molecule has 0 aliphatic carbocycles. The Hall–Kier alpha value is -3.57. The van der Waals surface area contributed by atoms with Crippen molar-refractivity contribution in [3.63, 3.8) is 0 Å². The Balaban J connectivity index is 1.91. The Kier molecular flexibility index (Phi) is 6.47. The number of aromatic carboxylic acids is 1. The third-order valence-corrected chi connectivity index (χ3v) is 5.43. The lowest BCUT2D eigenvalue weighted by Crippen LogP contribution is -2.18. The zero-order chi connectivity index (χ0) is 22.6. The number of hydrogen-bond acceptors (Lipinski definition) is 8. The maximum atomic E-state index is 14.1. The molecule has 1 atom stereocenters. The topological polar surface area (TPSA) is 142 Å². The molecular weight excluding hydrogens is 427 g/mol. The van der Waals surface area contributed by atoms with Crippen molar-refractivity contribution in [3.05, 3.63) is 71.7 Å². The van der Waals surface area contributed by atoms with Crippen molar-refractivity contribution in [2.45, 2.75) is 10.9 Å². The number of hydrogen-bond donors (Lipinski definition) is 4. The van der Waals surface area contributed by atoms with Gasteiger partial charge < -0.3 is 20.8 Å². The fraction of sp³-hybridized carbons (Fsp3) is 0.150. The molecule has 4 N–H and O–H groups in total. The number of carboxylic acid groups (broad SMARTS) is 1. The van der Waals surface area contributed by atoms with E-state index in [-0.39, 0.29) is 29.6 Å². The van der Waals surface area contributed by atoms with Gasteiger partial charge in [0.05, 0.1) is 12.6 Å². The number of nitrogens with zero attached hydrogens (tertiary/aromatic N) is 2. The van der Waals surface area contributed by atoms with Gasteiger partial charge in [0.15, 0.2) is 9.84 Å². The van der Waals surface area contributed by atoms with Crippen LogP contribution in [-0.4, -0.2) is 47.4 Å². The van der Waals surface area contributed by atoms with Crippen molar-refractivity contribution in [2.75, 3.05) is 23.5 Å². The second kappa shape index (κ2) is 9.06. The van der Waals surface area contributed by atoms with Gasteiger partial charge in [-0.3, -0.25) is 0 Å². The molecule has 11 heteroatoms. The van der Waals surface area contributed by atoms with Gasteiger partial charge >= 0.3 is 5.97 Å². The van der Waals surface area contributed by atoms with E-state index in [1.807, 2.05) is 6.07 Å². The zero-order valence-corrected chi connectivity index (χ0v) is 17.1. The standard InChI is InChI=1S/C20H19FN4O5S/c1-31(29,30)17-8-7-13(9-15(17)21)23-20-22-10-14(19(27)28)18(25-20)24-16(11-26)12-5-3-2-4-6-12/h2-10,16,26H,11H2,1H3,(H,27,28)(H2,22,23,24,25)/t16-/m1/s1. The molecule has 9 nitrogen and oxygen atoms in total. The first-order valence-corrected chi connectivity index (χ1v) is 10.9. The Morgan fingerprint density at radius 2 is 1.90 bits per heavy atom. The Morgan fingerprint density at radius 3 is 2.48 bits per heavy atom. The molecule has 0 saturated heterocycles. The monoisotopic (exact) mass is 446 g/mol. The summed E-state index contributed by atoms with van der Waals surface area (Å²) in [6.45, 7) is -0.325. The van der Waals surface area contributed by atoms with Gasteiger partial charge in [-0.25, -0.2) is 22.6 Å². The van der Waals surface area contributed by atoms with E-state index in [0.717, 1.165) is 24.6 Å². The van der Waals surface area contributed by atoms with Crippen LogP contribution in [0.4, 0.5) is 21.8 Å². The van der Waals surface area contributed by atoms with Crippen LogP contribution in [0.2, 0.25) is 0 Å². The molecule has 0 spiro atoms. The van der Waals surface area contributed by atoms with Crippen molar-refractivity contribution in [1.29, 1.82) is 0 Å². The minimum Gasteiger partial charge on any atom is -0.477 e. The van der Waals surface area contributed by atoms with Gasteiger partial charge in [-0.05, 0) is 23.8 Å². The molecule has 0 fully saturated rings. The summed E-state index contributed by atoms with van der Waals surface area (Å²) in [6, 6.07) is 11.7. The molecule has 0 unspecified atom stereocenters. The summed E-state index contributed by atoms with van der Waals surface area (Å²) in [6.07, 6.45) is 1.97. The lowest BCUT2D eigenvalue weighted by molar-refractivity contribution is 0.0697. The van der Waals surface area contributed by atoms with Crippen LogP contribution in [0.3, 0.4) is 0 Å². The number of nitrogens with one attached hydrogen (secondary N) is 2. The largest absolute Gasteiger partial charge is 0.477 e. The van der Waals surface area contributed by atoms with Crippen LogP contribution in [0.5, 0.6) is 0 Å². The van der Waals surface area contributed by atoms with Crippen molar-refractivity contribution in [2.24, 2.45) is 0 Å². The van der Waals surface area contributed by atoms with Gasteiger partial charge in [-0.15, -0.1) is 0 Å². The maximum Gasteiger partial charge on any atom is 0.341 e. The van der Waals surface area contributed by atoms with E-state index in [1.54, 1.807) is 24.3 Å². The summed E-state index contributed by atoms with van der Waals surface area (Å²) in [7, 11) is -3.72. The number of carboxylic acids is 1. The normalized spacial score (nSPS) is 12.2. The zero-order valence-electron chi connectivity index (χ0n) is 16.3. The minimum absolute atomic E-state index is 0.0521. The molecule has 0 amide bonds. The van der Waals surface area contributed by atoms with Gasteiger partial charge in [0, 0.05) is 18.1 Å². The van der Waals surface area contributed by atoms with E-state index >= 15 is 0 Å². The summed E-state index contributed by atoms with van der Waals surface area (Å²) in [5.41, 5.74) is 0.659. The summed E-state index contributed by atoms with van der Waals surface area (Å²) in [5, 5.41) is 24.8. The molecule has 0 aliphatic rings. The molecule has 3 aromatic rings. The number of benzene rings is 2. The fourth-order valence-electron chi connectivity index (χ4n) is 2.80. The van der Waals surface area contributed by atoms with Crippen LogP contribution in [0.1, 0.15) is 22.0 Å². The highest BCUT2D eigenvalue weighted by Crippen LogP contribution is 2.24. The second-order valence-corrected chi connectivity index (χ2v) is 8.58. The minimum atomic E-state index is -3.72. The Bertz CT molecular complexity index is 1210. The quantitative estimate of drug-likeness (QED) is 0.411. The van der Waals surface area contributed by atoms with Crippen LogP contribution in [0, 0.1) is 5.82 Å². The van der Waals surface area contributed by atoms with Crippen LogP contribution in [-0.2, 0) is 9.84 Å². The third kappa shape index (κ3) is 5.32. The lowest BCUT2D eigenvalue weighted by atomic mass is 10.1. The molecule has 162 valence electrons. The summed E-state index contributed by atoms with van der Waals surface area (Å²) < 4.78 is 37.2. The van der Waals surface area contributed by atoms with Gasteiger partial charge in [0.2, 0.25) is 5.95 Å². The van der Waals surface area contributed by atoms with Gasteiger partial charge in [-0.1, -0.05) is 30.3 Å². The summed E-state index contributed by atoms with van der Waals surface area (Å²) >= 11 is 0. The number of aromatic nitrogens is 2. The first-order valence-electron chi connectivity index (χ1n) is 8.98. The van der Waals surface area contributed by atoms with Crippen LogP contribution < -0.4 is 10.6 Å². The molecule has 2 aromatic carbocycles. The first kappa shape index (κ1) is 22.1. The van der Waals surface area contributed by atoms with Crippen molar-refractivity contribution in [3.8, 4) is 0 Å². The van der Waals surface area contributed by atoms with Gasteiger partial charge in [0.25, 0.3) is 0 Å². The van der Waals surface area contributed by atoms with Crippen LogP contribution in [0.15, 0.2) is 59.6 Å². The van der Waals surface area contributed by atoms with Gasteiger partial charge in [0.1, 0.15) is 22.1 Å². The summed E-state index contributed by atoms with van der Waals surface area (Å²) in [4.78, 5) is 19.2. The maximum absolute atomic E-state index is 14.1. The number of aliphatic hydroxyl groups excluding tert-OH is 1. The molecule has 1 heterocycles. The number of carbonyl (C=O) groups is 1. The molecule has 0 saturated carbocycles. The summed E-state index contributed by atoms with van der Waals surface area (Å²) in [5.74, 6) is -2.33. The van der Waals surface area contributed by atoms with Crippen LogP contribution >= 0.6 is 0 Å². The molecule has 0 aliphatic heterocycles. The predicted molar refractivity (Wildman–Crippen MR) is 112 cm³/mol. The van der Waals surface area contributed by atoms with Crippen molar-refractivity contribution in [1.82, 2.24) is 9.97 Å². The number of halogens is 1. The fourth-order valence-corrected chi connectivity index (χ4v) is 3.53. The molecule has 1 aromatic heterocycles. The first-order chi connectivity index (χ1) is 14.7. The highest BCUT2D eigenvalue weighted by molar-refractivity contribution is 7.90. The van der Waals surface area contributed by atoms with Gasteiger partial charge in [-0.2, -0.15) is 4.98 Å². The van der Waals surface area contributed by atoms with Crippen molar-refractivity contribution < 1.29 is 27.8 Å². The molecule has 3 rings (SSSR count). The average Bonchev–Trinajstić information content (AvgIpc) is 2.71. The Labute approximate surface area is 177 Å². The number of aliphatic hydroxyl groups is 1. The smallest absolute Gasteiger partial charge is 0.341 e. The number of sulfone groups is 1. The van der Waals surface area contributed by atoms with E-state index in [1.165, 1.54) is 6.07 Å². The predicted octanol–water partition coefficient (Wildman–Crippen LogP) is 2.61. The average molecular weight is 446 g/mol. The highest BCUT2D eigenvalue weighted by Gasteiger charge is 2.19. The second-order valence-electron chi connectivity index (χ2n) is 6.59. The molecule has 0 bridgehead atoms. The van der Waals surface area contributed by atoms with E-state index < -0.39 is 32.6 Å². The molecular formula is C20H19FN4O5S. The third-order valence-electron chi connectivity index (χ3n) is 4.30. The van der Waals surface area contributed by atoms with E-state index in [4.69, 9.17) is 0 Å². The number of anilines is 3. The van der Waals surface area contributed by atoms with Crippen LogP contribution in [0.25, 0.3) is 0 Å². The van der Waals surface area contributed by atoms with E-state index in [0.29, 0.717) is 5.56 Å². The van der Waals surface area contributed by atoms with Crippen molar-refractivity contribution >= 4 is 33.3 Å². The highest BCUT2D eigenvalue weighted by atomic mass is 32.2. The van der Waals surface area contributed by atoms with E-state index in [2.05, 4.69) is 20.6 Å².